The summed E-state index contributed by atoms with van der Waals surface area (Å²) in [5.41, 5.74) is 1.56. The average Bonchev–Trinajstić information content (AvgIpc) is 3.41. The number of hydrogen-bond acceptors (Lipinski definition) is 6. The Balaban J connectivity index is 1.32. The van der Waals surface area contributed by atoms with Crippen molar-refractivity contribution >= 4 is 23.3 Å². The van der Waals surface area contributed by atoms with Crippen molar-refractivity contribution in [2.45, 2.75) is 32.2 Å². The number of hydrogen-bond donors (Lipinski definition) is 2. The molecular weight excluding hydrogens is 418 g/mol. The molecule has 0 bridgehead atoms. The molecule has 3 aromatic heterocycles. The number of nitrogens with zero attached hydrogens (tertiary/aromatic N) is 5. The second-order valence-corrected chi connectivity index (χ2v) is 7.43. The van der Waals surface area contributed by atoms with Gasteiger partial charge in [-0.25, -0.2) is 4.79 Å². The van der Waals surface area contributed by atoms with Gasteiger partial charge < -0.3 is 15.2 Å². The highest BCUT2D eigenvalue weighted by Gasteiger charge is 2.19. The van der Waals surface area contributed by atoms with Gasteiger partial charge in [-0.05, 0) is 42.8 Å². The molecule has 3 heterocycles. The molecule has 31 heavy (non-hydrogen) atoms. The molecule has 0 saturated carbocycles. The van der Waals surface area contributed by atoms with E-state index in [9.17, 15) is 4.79 Å². The SMILES string of the molecule is CCCC(NC(=O)NCCc1nc(-c2ccc(Cl)cc2)no1)c1nnc2ccccn12. The summed E-state index contributed by atoms with van der Waals surface area (Å²) in [6.07, 6.45) is 3.94. The van der Waals surface area contributed by atoms with E-state index in [1.165, 1.54) is 0 Å². The molecule has 0 aliphatic heterocycles. The number of nitrogens with one attached hydrogen (secondary N) is 2. The monoisotopic (exact) mass is 439 g/mol. The van der Waals surface area contributed by atoms with Crippen LogP contribution < -0.4 is 10.6 Å². The van der Waals surface area contributed by atoms with Gasteiger partial charge in [-0.1, -0.05) is 36.2 Å². The first-order valence-electron chi connectivity index (χ1n) is 10.1. The van der Waals surface area contributed by atoms with Gasteiger partial charge in [0.1, 0.15) is 0 Å². The van der Waals surface area contributed by atoms with Crippen molar-refractivity contribution in [3.8, 4) is 11.4 Å². The van der Waals surface area contributed by atoms with E-state index >= 15 is 0 Å². The van der Waals surface area contributed by atoms with E-state index in [1.807, 2.05) is 40.9 Å². The molecule has 2 amide bonds. The van der Waals surface area contributed by atoms with Crippen molar-refractivity contribution in [3.63, 3.8) is 0 Å². The molecule has 10 heteroatoms. The van der Waals surface area contributed by atoms with Crippen molar-refractivity contribution in [2.75, 3.05) is 6.54 Å². The number of carbonyl (C=O) groups excluding carboxylic acids is 1. The molecule has 0 spiro atoms. The van der Waals surface area contributed by atoms with Crippen LogP contribution in [-0.2, 0) is 6.42 Å². The number of amides is 2. The standard InChI is InChI=1S/C21H22ClN7O2/c1-2-5-16(20-27-26-17-6-3-4-13-29(17)20)24-21(30)23-12-11-18-25-19(28-31-18)14-7-9-15(22)10-8-14/h3-4,6-10,13,16H,2,5,11-12H2,1H3,(H2,23,24,30). The molecule has 9 nitrogen and oxygen atoms in total. The lowest BCUT2D eigenvalue weighted by Gasteiger charge is -2.17. The minimum atomic E-state index is -0.288. The molecule has 1 unspecified atom stereocenters. The van der Waals surface area contributed by atoms with Crippen molar-refractivity contribution in [2.24, 2.45) is 0 Å². The van der Waals surface area contributed by atoms with Crippen LogP contribution in [0.1, 0.15) is 37.5 Å². The first-order valence-corrected chi connectivity index (χ1v) is 10.4. The molecule has 4 aromatic rings. The summed E-state index contributed by atoms with van der Waals surface area (Å²) >= 11 is 5.90. The molecule has 1 aromatic carbocycles. The Bertz CT molecular complexity index is 1160. The number of fused-ring (bicyclic) bond motifs is 1. The summed E-state index contributed by atoms with van der Waals surface area (Å²) in [6.45, 7) is 2.41. The van der Waals surface area contributed by atoms with Crippen LogP contribution >= 0.6 is 11.6 Å². The first-order chi connectivity index (χ1) is 15.1. The Morgan fingerprint density at radius 1 is 1.19 bits per heavy atom. The Morgan fingerprint density at radius 3 is 2.84 bits per heavy atom. The summed E-state index contributed by atoms with van der Waals surface area (Å²) in [5.74, 6) is 1.63. The topological polar surface area (TPSA) is 110 Å². The van der Waals surface area contributed by atoms with Gasteiger partial charge in [0.15, 0.2) is 11.5 Å². The van der Waals surface area contributed by atoms with Crippen LogP contribution in [0.3, 0.4) is 0 Å². The minimum Gasteiger partial charge on any atom is -0.339 e. The molecule has 0 aliphatic rings. The maximum absolute atomic E-state index is 12.4. The number of urea groups is 1. The Labute approximate surface area is 183 Å². The van der Waals surface area contributed by atoms with Crippen LogP contribution in [-0.4, -0.2) is 37.3 Å². The van der Waals surface area contributed by atoms with Gasteiger partial charge in [-0.3, -0.25) is 4.40 Å². The van der Waals surface area contributed by atoms with E-state index in [-0.39, 0.29) is 12.1 Å². The Morgan fingerprint density at radius 2 is 2.03 bits per heavy atom. The fourth-order valence-electron chi connectivity index (χ4n) is 3.22. The molecule has 160 valence electrons. The molecule has 1 atom stereocenters. The molecule has 0 saturated heterocycles. The number of rotatable bonds is 8. The predicted molar refractivity (Wildman–Crippen MR) is 116 cm³/mol. The summed E-state index contributed by atoms with van der Waals surface area (Å²) in [5, 5.41) is 18.9. The number of halogens is 1. The molecule has 0 fully saturated rings. The summed E-state index contributed by atoms with van der Waals surface area (Å²) < 4.78 is 7.16. The number of aromatic nitrogens is 5. The van der Waals surface area contributed by atoms with Crippen LogP contribution in [0.5, 0.6) is 0 Å². The van der Waals surface area contributed by atoms with E-state index in [2.05, 4.69) is 37.9 Å². The third kappa shape index (κ3) is 5.00. The van der Waals surface area contributed by atoms with Gasteiger partial charge in [0.05, 0.1) is 6.04 Å². The summed E-state index contributed by atoms with van der Waals surface area (Å²) in [6, 6.07) is 12.3. The lowest BCUT2D eigenvalue weighted by molar-refractivity contribution is 0.235. The first kappa shape index (κ1) is 20.8. The van der Waals surface area contributed by atoms with Crippen molar-refractivity contribution in [1.29, 1.82) is 0 Å². The Kier molecular flexibility index (Phi) is 6.42. The maximum Gasteiger partial charge on any atom is 0.315 e. The summed E-state index contributed by atoms with van der Waals surface area (Å²) in [4.78, 5) is 16.8. The lowest BCUT2D eigenvalue weighted by atomic mass is 10.1. The predicted octanol–water partition coefficient (Wildman–Crippen LogP) is 3.82. The van der Waals surface area contributed by atoms with Crippen LogP contribution in [0, 0.1) is 0 Å². The smallest absolute Gasteiger partial charge is 0.315 e. The van der Waals surface area contributed by atoms with Gasteiger partial charge >= 0.3 is 6.03 Å². The van der Waals surface area contributed by atoms with Gasteiger partial charge in [0, 0.05) is 29.7 Å². The highest BCUT2D eigenvalue weighted by molar-refractivity contribution is 6.30. The molecule has 2 N–H and O–H groups in total. The second-order valence-electron chi connectivity index (χ2n) is 7.00. The van der Waals surface area contributed by atoms with Crippen LogP contribution in [0.15, 0.2) is 53.2 Å². The normalized spacial score (nSPS) is 12.1. The second kappa shape index (κ2) is 9.57. The van der Waals surface area contributed by atoms with Gasteiger partial charge in [0.25, 0.3) is 0 Å². The van der Waals surface area contributed by atoms with Crippen LogP contribution in [0.2, 0.25) is 5.02 Å². The van der Waals surface area contributed by atoms with Gasteiger partial charge in [0.2, 0.25) is 11.7 Å². The van der Waals surface area contributed by atoms with Gasteiger partial charge in [-0.2, -0.15) is 4.98 Å². The van der Waals surface area contributed by atoms with Crippen molar-refractivity contribution in [3.05, 3.63) is 65.4 Å². The van der Waals surface area contributed by atoms with Gasteiger partial charge in [-0.15, -0.1) is 10.2 Å². The van der Waals surface area contributed by atoms with Crippen molar-refractivity contribution in [1.82, 2.24) is 35.4 Å². The van der Waals surface area contributed by atoms with E-state index < -0.39 is 0 Å². The molecular formula is C21H22ClN7O2. The fourth-order valence-corrected chi connectivity index (χ4v) is 3.34. The van der Waals surface area contributed by atoms with E-state index in [0.717, 1.165) is 24.1 Å². The zero-order valence-corrected chi connectivity index (χ0v) is 17.7. The maximum atomic E-state index is 12.4. The number of pyridine rings is 1. The zero-order chi connectivity index (χ0) is 21.6. The van der Waals surface area contributed by atoms with Crippen LogP contribution in [0.25, 0.3) is 17.0 Å². The van der Waals surface area contributed by atoms with E-state index in [4.69, 9.17) is 16.1 Å². The largest absolute Gasteiger partial charge is 0.339 e. The highest BCUT2D eigenvalue weighted by atomic mass is 35.5. The number of carbonyl (C=O) groups is 1. The molecule has 0 aliphatic carbocycles. The van der Waals surface area contributed by atoms with Crippen molar-refractivity contribution < 1.29 is 9.32 Å². The fraction of sp³-hybridized carbons (Fsp3) is 0.286. The third-order valence-corrected chi connectivity index (χ3v) is 4.98. The summed E-state index contributed by atoms with van der Waals surface area (Å²) in [7, 11) is 0. The van der Waals surface area contributed by atoms with E-state index in [1.54, 1.807) is 12.1 Å². The molecule has 0 radical (unpaired) electrons. The zero-order valence-electron chi connectivity index (χ0n) is 17.0. The Hall–Kier alpha value is -3.46. The highest BCUT2D eigenvalue weighted by Crippen LogP contribution is 2.19. The number of benzene rings is 1. The van der Waals surface area contributed by atoms with Crippen LogP contribution in [0.4, 0.5) is 4.79 Å². The lowest BCUT2D eigenvalue weighted by Crippen LogP contribution is -2.39. The van der Waals surface area contributed by atoms with E-state index in [0.29, 0.717) is 35.5 Å². The average molecular weight is 440 g/mol. The molecule has 4 rings (SSSR count). The third-order valence-electron chi connectivity index (χ3n) is 4.73. The quantitative estimate of drug-likeness (QED) is 0.432. The minimum absolute atomic E-state index is 0.248.